The summed E-state index contributed by atoms with van der Waals surface area (Å²) in [6.07, 6.45) is 7.83. The van der Waals surface area contributed by atoms with Gasteiger partial charge in [-0.15, -0.1) is 0 Å². The minimum atomic E-state index is -0.759. The van der Waals surface area contributed by atoms with Crippen molar-refractivity contribution in [1.82, 2.24) is 5.32 Å². The third kappa shape index (κ3) is 3.17. The first-order valence-corrected chi connectivity index (χ1v) is 8.02. The van der Waals surface area contributed by atoms with Gasteiger partial charge in [-0.25, -0.2) is 4.79 Å². The molecule has 0 saturated heterocycles. The predicted molar refractivity (Wildman–Crippen MR) is 88.5 cm³/mol. The van der Waals surface area contributed by atoms with Crippen molar-refractivity contribution in [3.8, 4) is 0 Å². The molecule has 0 fully saturated rings. The zero-order valence-corrected chi connectivity index (χ0v) is 13.5. The molecule has 0 saturated carbocycles. The maximum atomic E-state index is 11.8. The summed E-state index contributed by atoms with van der Waals surface area (Å²) in [5, 5.41) is 1.81. The van der Waals surface area contributed by atoms with Crippen molar-refractivity contribution in [3.63, 3.8) is 0 Å². The topological polar surface area (TPSA) is 55.4 Å². The maximum Gasteiger partial charge on any atom is 0.407 e. The third-order valence-corrected chi connectivity index (χ3v) is 4.79. The molecule has 4 atom stereocenters. The van der Waals surface area contributed by atoms with Crippen LogP contribution in [0.1, 0.15) is 29.9 Å². The van der Waals surface area contributed by atoms with Crippen LogP contribution >= 0.6 is 11.6 Å². The normalized spacial score (nSPS) is 25.4. The van der Waals surface area contributed by atoms with E-state index in [1.165, 1.54) is 18.1 Å². The largest absolute Gasteiger partial charge is 0.449 e. The molecular formula is C18H18ClNO3. The van der Waals surface area contributed by atoms with Gasteiger partial charge in [-0.05, 0) is 35.6 Å². The van der Waals surface area contributed by atoms with Gasteiger partial charge in [0.05, 0.1) is 0 Å². The highest BCUT2D eigenvalue weighted by Crippen LogP contribution is 2.49. The van der Waals surface area contributed by atoms with Crippen molar-refractivity contribution in [2.24, 2.45) is 5.92 Å². The van der Waals surface area contributed by atoms with Gasteiger partial charge in [0.15, 0.2) is 0 Å². The number of fused-ring (bicyclic) bond motifs is 3. The molecule has 0 heterocycles. The van der Waals surface area contributed by atoms with Gasteiger partial charge in [-0.1, -0.05) is 48.6 Å². The number of benzene rings is 1. The van der Waals surface area contributed by atoms with Crippen LogP contribution in [0, 0.1) is 5.92 Å². The standard InChI is InChI=1S/C18H18ClNO3/c1-11(17(19)21)20-18(22)23-10-16-14-8-4-2-6-12(14)13-7-3-5-9-15(13)16/h2-9,11-12,14,16H,10H2,1H3,(H,20,22)/t11-,12?,14?,16?/m0/s1. The van der Waals surface area contributed by atoms with Crippen LogP contribution in [-0.4, -0.2) is 24.0 Å². The molecule has 0 aromatic heterocycles. The summed E-state index contributed by atoms with van der Waals surface area (Å²) in [5.41, 5.74) is 2.50. The number of nitrogens with one attached hydrogen (secondary N) is 1. The van der Waals surface area contributed by atoms with Crippen LogP contribution in [-0.2, 0) is 9.53 Å². The molecular weight excluding hydrogens is 314 g/mol. The number of rotatable bonds is 4. The summed E-state index contributed by atoms with van der Waals surface area (Å²) in [6.45, 7) is 1.79. The van der Waals surface area contributed by atoms with Crippen LogP contribution in [0.2, 0.25) is 0 Å². The highest BCUT2D eigenvalue weighted by Gasteiger charge is 2.39. The fourth-order valence-electron chi connectivity index (χ4n) is 3.32. The van der Waals surface area contributed by atoms with E-state index < -0.39 is 17.4 Å². The summed E-state index contributed by atoms with van der Waals surface area (Å²) >= 11 is 5.33. The van der Waals surface area contributed by atoms with Gasteiger partial charge in [0.25, 0.3) is 0 Å². The highest BCUT2D eigenvalue weighted by atomic mass is 35.5. The van der Waals surface area contributed by atoms with Crippen molar-refractivity contribution < 1.29 is 14.3 Å². The number of halogens is 1. The SMILES string of the molecule is C[C@H](NC(=O)OCC1c2ccccc2C2C=CC=CC21)C(=O)Cl. The Bertz CT molecular complexity index is 683. The highest BCUT2D eigenvalue weighted by molar-refractivity contribution is 6.64. The molecule has 1 amide bonds. The Kier molecular flexibility index (Phi) is 4.53. The van der Waals surface area contributed by atoms with E-state index in [0.29, 0.717) is 5.92 Å². The van der Waals surface area contributed by atoms with E-state index in [9.17, 15) is 9.59 Å². The van der Waals surface area contributed by atoms with Crippen LogP contribution < -0.4 is 5.32 Å². The van der Waals surface area contributed by atoms with Crippen molar-refractivity contribution in [2.75, 3.05) is 6.61 Å². The first-order chi connectivity index (χ1) is 11.1. The van der Waals surface area contributed by atoms with Crippen molar-refractivity contribution >= 4 is 22.9 Å². The lowest BCUT2D eigenvalue weighted by Crippen LogP contribution is -2.37. The van der Waals surface area contributed by atoms with Crippen LogP contribution in [0.25, 0.3) is 0 Å². The van der Waals surface area contributed by atoms with E-state index in [4.69, 9.17) is 16.3 Å². The van der Waals surface area contributed by atoms with E-state index >= 15 is 0 Å². The van der Waals surface area contributed by atoms with Crippen LogP contribution in [0.5, 0.6) is 0 Å². The number of carbonyl (C=O) groups is 2. The van der Waals surface area contributed by atoms with Gasteiger partial charge in [-0.3, -0.25) is 4.79 Å². The molecule has 120 valence electrons. The molecule has 0 aliphatic heterocycles. The van der Waals surface area contributed by atoms with Gasteiger partial charge in [0.2, 0.25) is 5.24 Å². The molecule has 0 radical (unpaired) electrons. The van der Waals surface area contributed by atoms with E-state index in [0.717, 1.165) is 0 Å². The molecule has 1 aromatic rings. The van der Waals surface area contributed by atoms with E-state index in [2.05, 4.69) is 35.7 Å². The molecule has 3 unspecified atom stereocenters. The smallest absolute Gasteiger partial charge is 0.407 e. The van der Waals surface area contributed by atoms with E-state index in [1.54, 1.807) is 0 Å². The lowest BCUT2D eigenvalue weighted by atomic mass is 9.84. The molecule has 5 heteroatoms. The van der Waals surface area contributed by atoms with Gasteiger partial charge in [-0.2, -0.15) is 0 Å². The lowest BCUT2D eigenvalue weighted by Gasteiger charge is -2.22. The first kappa shape index (κ1) is 15.8. The third-order valence-electron chi connectivity index (χ3n) is 4.47. The lowest BCUT2D eigenvalue weighted by molar-refractivity contribution is -0.113. The quantitative estimate of drug-likeness (QED) is 0.859. The Balaban J connectivity index is 1.70. The number of ether oxygens (including phenoxy) is 1. The molecule has 2 aliphatic carbocycles. The molecule has 1 aromatic carbocycles. The Hall–Kier alpha value is -2.07. The van der Waals surface area contributed by atoms with Crippen molar-refractivity contribution in [1.29, 1.82) is 0 Å². The van der Waals surface area contributed by atoms with Crippen molar-refractivity contribution in [3.05, 3.63) is 59.7 Å². The second-order valence-corrected chi connectivity index (χ2v) is 6.25. The minimum Gasteiger partial charge on any atom is -0.449 e. The second-order valence-electron chi connectivity index (χ2n) is 5.88. The van der Waals surface area contributed by atoms with Gasteiger partial charge in [0, 0.05) is 11.8 Å². The summed E-state index contributed by atoms with van der Waals surface area (Å²) in [6, 6.07) is 7.50. The fraction of sp³-hybridized carbons (Fsp3) is 0.333. The van der Waals surface area contributed by atoms with Gasteiger partial charge >= 0.3 is 6.09 Å². The summed E-state index contributed by atoms with van der Waals surface area (Å²) in [7, 11) is 0. The van der Waals surface area contributed by atoms with Gasteiger partial charge < -0.3 is 10.1 Å². The van der Waals surface area contributed by atoms with Crippen LogP contribution in [0.3, 0.4) is 0 Å². The summed E-state index contributed by atoms with van der Waals surface area (Å²) < 4.78 is 5.33. The minimum absolute atomic E-state index is 0.116. The van der Waals surface area contributed by atoms with Crippen LogP contribution in [0.15, 0.2) is 48.6 Å². The Labute approximate surface area is 140 Å². The molecule has 2 aliphatic rings. The number of amides is 1. The Morgan fingerprint density at radius 1 is 1.22 bits per heavy atom. The molecule has 0 spiro atoms. The first-order valence-electron chi connectivity index (χ1n) is 7.64. The summed E-state index contributed by atoms with van der Waals surface area (Å²) in [5.74, 6) is 0.735. The number of hydrogen-bond donors (Lipinski definition) is 1. The second kappa shape index (κ2) is 6.59. The van der Waals surface area contributed by atoms with Crippen molar-refractivity contribution in [2.45, 2.75) is 24.8 Å². The molecule has 3 rings (SSSR count). The molecule has 1 N–H and O–H groups in total. The van der Waals surface area contributed by atoms with E-state index in [-0.39, 0.29) is 18.4 Å². The molecule has 0 bridgehead atoms. The molecule has 23 heavy (non-hydrogen) atoms. The number of hydrogen-bond acceptors (Lipinski definition) is 3. The Morgan fingerprint density at radius 3 is 2.65 bits per heavy atom. The monoisotopic (exact) mass is 331 g/mol. The average molecular weight is 332 g/mol. The van der Waals surface area contributed by atoms with Crippen LogP contribution in [0.4, 0.5) is 4.79 Å². The molecule has 4 nitrogen and oxygen atoms in total. The summed E-state index contributed by atoms with van der Waals surface area (Å²) in [4.78, 5) is 22.8. The zero-order valence-electron chi connectivity index (χ0n) is 12.7. The number of carbonyl (C=O) groups excluding carboxylic acids is 2. The Morgan fingerprint density at radius 2 is 1.91 bits per heavy atom. The van der Waals surface area contributed by atoms with Gasteiger partial charge in [0.1, 0.15) is 12.6 Å². The predicted octanol–water partition coefficient (Wildman–Crippen LogP) is 3.49. The fourth-order valence-corrected chi connectivity index (χ4v) is 3.38. The van der Waals surface area contributed by atoms with E-state index in [1.807, 2.05) is 18.2 Å². The number of allylic oxidation sites excluding steroid dienone is 4. The zero-order chi connectivity index (χ0) is 16.4. The average Bonchev–Trinajstić information content (AvgIpc) is 2.87. The number of alkyl carbamates (subject to hydrolysis) is 1. The maximum absolute atomic E-state index is 11.8.